The van der Waals surface area contributed by atoms with E-state index in [1.165, 1.54) is 5.56 Å². The number of H-pyrrole nitrogens is 4. The molecule has 12 aromatic rings. The highest BCUT2D eigenvalue weighted by Gasteiger charge is 2.28. The number of rotatable bonds is 20. The number of likely N-dealkylation sites (N-methyl/N-ethyl adjacent to an activating group) is 1. The van der Waals surface area contributed by atoms with Gasteiger partial charge in [0, 0.05) is 218 Å². The number of anilines is 11. The van der Waals surface area contributed by atoms with Gasteiger partial charge in [0.15, 0.2) is 23.3 Å². The summed E-state index contributed by atoms with van der Waals surface area (Å²) < 4.78 is 16.5. The number of nitrogens with zero attached hydrogens (tertiary/aromatic N) is 22. The predicted octanol–water partition coefficient (Wildman–Crippen LogP) is 3.81. The van der Waals surface area contributed by atoms with Crippen LogP contribution in [-0.4, -0.2) is 323 Å². The first-order valence-corrected chi connectivity index (χ1v) is 43.1. The van der Waals surface area contributed by atoms with Crippen molar-refractivity contribution in [1.29, 1.82) is 0 Å². The summed E-state index contributed by atoms with van der Waals surface area (Å²) in [6, 6.07) is 31.2. The van der Waals surface area contributed by atoms with E-state index in [4.69, 9.17) is 19.2 Å². The van der Waals surface area contributed by atoms with Crippen molar-refractivity contribution in [3.63, 3.8) is 0 Å². The second kappa shape index (κ2) is 42.2. The second-order valence-electron chi connectivity index (χ2n) is 31.0. The average Bonchev–Trinajstić information content (AvgIpc) is 1.61. The van der Waals surface area contributed by atoms with Crippen LogP contribution in [-0.2, 0) is 16.0 Å². The maximum atomic E-state index is 12.9. The zero-order chi connectivity index (χ0) is 87.2. The Hall–Kier alpha value is -14.1. The van der Waals surface area contributed by atoms with Crippen LogP contribution in [0.15, 0.2) is 153 Å². The van der Waals surface area contributed by atoms with Gasteiger partial charge >= 0.3 is 0 Å². The van der Waals surface area contributed by atoms with E-state index < -0.39 is 0 Å². The van der Waals surface area contributed by atoms with Gasteiger partial charge in [-0.15, -0.1) is 0 Å². The SMILES string of the molecule is CN1CCOc2cc(-c3n[nH]c(C(=O)Nc4cnccc4N4CCNCC4)n3)ccc21.O=C(Nc1cnccc1N1CCNCC1)c1nc(-c2ccc(CN3CCOCC3)cc2)n[nH]1.O=C(Nc1cnccc1N1CCNCC1)c1nc(-c2ccc(N3CCOCC3)nc2)n[nH]1.O=C(Nc1cnccc1N1CCNCC1)c1nc(-c2cccc(N3CCNCC3)n2)n[nH]1. The van der Waals surface area contributed by atoms with Crippen LogP contribution in [0.2, 0.25) is 0 Å². The van der Waals surface area contributed by atoms with Gasteiger partial charge in [-0.05, 0) is 72.3 Å². The van der Waals surface area contributed by atoms with Crippen LogP contribution in [0.4, 0.5) is 62.8 Å². The molecule has 20 rings (SSSR count). The number of hydrogen-bond donors (Lipinski definition) is 13. The van der Waals surface area contributed by atoms with Crippen molar-refractivity contribution in [3.05, 3.63) is 182 Å². The molecule has 0 radical (unpaired) electrons. The molecule has 42 heteroatoms. The quantitative estimate of drug-likeness (QED) is 0.0516. The summed E-state index contributed by atoms with van der Waals surface area (Å²) >= 11 is 0. The summed E-state index contributed by atoms with van der Waals surface area (Å²) in [6.45, 7) is 26.8. The van der Waals surface area contributed by atoms with E-state index >= 15 is 0 Å². The molecular formula is C86H103N35O7. The number of benzene rings is 2. The predicted molar refractivity (Wildman–Crippen MR) is 485 cm³/mol. The molecule has 0 saturated carbocycles. The van der Waals surface area contributed by atoms with Gasteiger partial charge in [0.05, 0.1) is 109 Å². The first kappa shape index (κ1) is 86.0. The van der Waals surface area contributed by atoms with E-state index in [-0.39, 0.29) is 46.9 Å². The number of carbonyl (C=O) groups is 4. The Bertz CT molecular complexity index is 5670. The monoisotopic (exact) mass is 1740 g/mol. The first-order valence-electron chi connectivity index (χ1n) is 43.1. The summed E-state index contributed by atoms with van der Waals surface area (Å²) in [5.74, 6) is 3.43. The van der Waals surface area contributed by atoms with E-state index in [1.54, 1.807) is 55.8 Å². The molecule has 7 saturated heterocycles. The lowest BCUT2D eigenvalue weighted by atomic mass is 10.1. The summed E-state index contributed by atoms with van der Waals surface area (Å²) in [5.41, 5.74) is 11.7. The highest BCUT2D eigenvalue weighted by molar-refractivity contribution is 6.06. The van der Waals surface area contributed by atoms with Gasteiger partial charge in [0.25, 0.3) is 23.6 Å². The van der Waals surface area contributed by atoms with Crippen molar-refractivity contribution < 1.29 is 33.4 Å². The third-order valence-electron chi connectivity index (χ3n) is 22.6. The van der Waals surface area contributed by atoms with Crippen LogP contribution >= 0.6 is 0 Å². The zero-order valence-corrected chi connectivity index (χ0v) is 71.1. The lowest BCUT2D eigenvalue weighted by molar-refractivity contribution is 0.0342. The Morgan fingerprint density at radius 1 is 0.352 bits per heavy atom. The van der Waals surface area contributed by atoms with Crippen LogP contribution in [0.1, 0.15) is 48.0 Å². The molecular weight excluding hydrogens is 1640 g/mol. The van der Waals surface area contributed by atoms with E-state index in [1.807, 2.05) is 92.0 Å². The minimum atomic E-state index is -0.369. The highest BCUT2D eigenvalue weighted by Crippen LogP contribution is 2.36. The third kappa shape index (κ3) is 21.8. The minimum absolute atomic E-state index is 0.129. The van der Waals surface area contributed by atoms with Crippen molar-refractivity contribution >= 4 is 86.5 Å². The molecule has 7 fully saturated rings. The molecule has 0 spiro atoms. The van der Waals surface area contributed by atoms with Crippen LogP contribution in [0.3, 0.4) is 0 Å². The second-order valence-corrected chi connectivity index (χ2v) is 31.0. The van der Waals surface area contributed by atoms with Gasteiger partial charge in [0.2, 0.25) is 23.3 Å². The number of carbonyl (C=O) groups excluding carboxylic acids is 4. The Labute approximate surface area is 737 Å². The fourth-order valence-corrected chi connectivity index (χ4v) is 15.7. The maximum Gasteiger partial charge on any atom is 0.293 e. The number of fused-ring (bicyclic) bond motifs is 1. The van der Waals surface area contributed by atoms with Crippen LogP contribution in [0, 0.1) is 0 Å². The maximum absolute atomic E-state index is 12.9. The normalized spacial score (nSPS) is 16.6. The molecule has 42 nitrogen and oxygen atoms in total. The molecule has 8 aliphatic rings. The summed E-state index contributed by atoms with van der Waals surface area (Å²) in [6.07, 6.45) is 15.3. The number of piperazine rings is 5. The van der Waals surface area contributed by atoms with Crippen LogP contribution in [0.25, 0.3) is 45.7 Å². The molecule has 18 heterocycles. The largest absolute Gasteiger partial charge is 0.490 e. The summed E-state index contributed by atoms with van der Waals surface area (Å²) in [5, 5.41) is 56.2. The molecule has 2 aromatic carbocycles. The first-order chi connectivity index (χ1) is 63.0. The van der Waals surface area contributed by atoms with Gasteiger partial charge in [-0.25, -0.2) is 29.9 Å². The zero-order valence-electron chi connectivity index (χ0n) is 71.1. The standard InChI is InChI=1S/C23H28N8O2.C21H26N10O.C21H25N9O2.C21H24N8O2/c32-23(26-19-15-25-6-5-20(19)31-9-7-24-8-10-31)22-27-21(28-29-22)18-3-1-17(2-4-18)16-30-11-13-33-14-12-30;32-21(26-16-14-24-5-4-17(16)30-10-6-22-7-11-30)20-27-19(28-29-20)15-2-1-3-18(25-15)31-12-8-23-9-13-31;31-21(25-16-14-23-4-3-17(16)29-7-5-22-6-8-29)20-26-19(27-28-20)15-1-2-18(24-13-15)30-9-11-32-12-10-30;1-28-10-11-31-18-12-14(2-3-17(18)28)19-25-20(27-26-19)21(30)24-15-13-23-5-4-16(15)29-8-6-22-7-9-29/h1-6,15,24H,7-14,16H2,(H,26,32)(H,27,28,29);1-5,14,22-23H,6-13H2,(H,26,32)(H,27,28,29);1-4,13-14,22H,5-12H2,(H,25,31)(H,26,27,28);2-5,12-13,22H,6-11H2,1H3,(H,24,30)(H,25,26,27). The minimum Gasteiger partial charge on any atom is -0.490 e. The van der Waals surface area contributed by atoms with Gasteiger partial charge in [0.1, 0.15) is 29.7 Å². The summed E-state index contributed by atoms with van der Waals surface area (Å²) in [7, 11) is 2.03. The van der Waals surface area contributed by atoms with Crippen molar-refractivity contribution in [2.45, 2.75) is 6.54 Å². The molecule has 0 unspecified atom stereocenters. The third-order valence-corrected chi connectivity index (χ3v) is 22.6. The number of aromatic nitrogens is 18. The number of pyridine rings is 6. The topological polar surface area (TPSA) is 474 Å². The number of amides is 4. The van der Waals surface area contributed by atoms with Gasteiger partial charge in [-0.3, -0.25) is 64.4 Å². The Kier molecular flexibility index (Phi) is 28.4. The number of morpholine rings is 2. The van der Waals surface area contributed by atoms with Crippen molar-refractivity contribution in [1.82, 2.24) is 122 Å². The van der Waals surface area contributed by atoms with Crippen molar-refractivity contribution in [3.8, 4) is 51.4 Å². The number of aromatic amines is 4. The van der Waals surface area contributed by atoms with Crippen molar-refractivity contribution in [2.24, 2.45) is 0 Å². The van der Waals surface area contributed by atoms with Crippen LogP contribution < -0.4 is 86.9 Å². The Morgan fingerprint density at radius 3 is 1.17 bits per heavy atom. The average molecular weight is 1740 g/mol. The van der Waals surface area contributed by atoms with Gasteiger partial charge in [-0.2, -0.15) is 20.4 Å². The van der Waals surface area contributed by atoms with Crippen molar-refractivity contribution in [2.75, 3.05) is 259 Å². The summed E-state index contributed by atoms with van der Waals surface area (Å²) in [4.78, 5) is 113. The molecule has 664 valence electrons. The van der Waals surface area contributed by atoms with E-state index in [0.717, 1.165) is 246 Å². The van der Waals surface area contributed by atoms with Gasteiger partial charge in [-0.1, -0.05) is 30.3 Å². The highest BCUT2D eigenvalue weighted by atomic mass is 16.5. The Morgan fingerprint density at radius 2 is 0.734 bits per heavy atom. The molecule has 0 atom stereocenters. The fraction of sp³-hybridized carbons (Fsp3) is 0.372. The van der Waals surface area contributed by atoms with E-state index in [0.29, 0.717) is 71.6 Å². The van der Waals surface area contributed by atoms with E-state index in [2.05, 4.69) is 185 Å². The molecule has 8 aliphatic heterocycles. The molecule has 128 heavy (non-hydrogen) atoms. The number of ether oxygens (including phenoxy) is 3. The molecule has 0 aliphatic carbocycles. The smallest absolute Gasteiger partial charge is 0.293 e. The molecule has 4 amide bonds. The molecule has 10 aromatic heterocycles. The van der Waals surface area contributed by atoms with Gasteiger partial charge < -0.3 is 96.4 Å². The lowest BCUT2D eigenvalue weighted by Crippen LogP contribution is -2.43. The molecule has 0 bridgehead atoms. The number of hydrogen-bond acceptors (Lipinski definition) is 34. The fourth-order valence-electron chi connectivity index (χ4n) is 15.7. The lowest BCUT2D eigenvalue weighted by Gasteiger charge is -2.30. The number of nitrogens with one attached hydrogen (secondary N) is 13. The Balaban J connectivity index is 0.000000120. The molecule has 13 N–H and O–H groups in total. The van der Waals surface area contributed by atoms with Crippen LogP contribution in [0.5, 0.6) is 5.75 Å². The van der Waals surface area contributed by atoms with E-state index in [9.17, 15) is 19.2 Å².